The van der Waals surface area contributed by atoms with E-state index in [9.17, 15) is 18.0 Å². The molecule has 3 aromatic rings. The number of nitrogens with one attached hydrogen (secondary N) is 2. The fraction of sp³-hybridized carbons (Fsp3) is 0.333. The number of benzene rings is 3. The highest BCUT2D eigenvalue weighted by molar-refractivity contribution is 7.89. The van der Waals surface area contributed by atoms with Gasteiger partial charge in [-0.05, 0) is 66.6 Å². The summed E-state index contributed by atoms with van der Waals surface area (Å²) in [5, 5.41) is 3.55. The van der Waals surface area contributed by atoms with E-state index in [4.69, 9.17) is 11.6 Å². The van der Waals surface area contributed by atoms with Crippen LogP contribution >= 0.6 is 11.6 Å². The van der Waals surface area contributed by atoms with Crippen molar-refractivity contribution in [3.8, 4) is 0 Å². The molecule has 1 fully saturated rings. The summed E-state index contributed by atoms with van der Waals surface area (Å²) < 4.78 is 27.6. The van der Waals surface area contributed by atoms with Crippen molar-refractivity contribution in [1.29, 1.82) is 0 Å². The Bertz CT molecular complexity index is 1360. The number of amides is 2. The van der Waals surface area contributed by atoms with Gasteiger partial charge in [0.2, 0.25) is 21.8 Å². The molecule has 1 atom stereocenters. The van der Waals surface area contributed by atoms with Crippen molar-refractivity contribution < 1.29 is 18.0 Å². The predicted molar refractivity (Wildman–Crippen MR) is 153 cm³/mol. The Hall–Kier alpha value is -3.20. The minimum Gasteiger partial charge on any atom is -0.354 e. The minimum absolute atomic E-state index is 0.0333. The zero-order valence-electron chi connectivity index (χ0n) is 22.0. The highest BCUT2D eigenvalue weighted by Gasteiger charge is 2.31. The number of rotatable bonds is 13. The Morgan fingerprint density at radius 1 is 0.949 bits per heavy atom. The molecule has 9 heteroatoms. The average molecular weight is 568 g/mol. The Morgan fingerprint density at radius 2 is 1.59 bits per heavy atom. The van der Waals surface area contributed by atoms with E-state index in [1.807, 2.05) is 49.4 Å². The fourth-order valence-electron chi connectivity index (χ4n) is 4.28. The Balaban J connectivity index is 1.55. The second-order valence-electron chi connectivity index (χ2n) is 9.79. The summed E-state index contributed by atoms with van der Waals surface area (Å²) in [5.74, 6) is -0.416. The summed E-state index contributed by atoms with van der Waals surface area (Å²) in [6.07, 6.45) is 3.08. The lowest BCUT2D eigenvalue weighted by Gasteiger charge is -2.32. The summed E-state index contributed by atoms with van der Waals surface area (Å²) in [6, 6.07) is 22.4. The molecule has 1 aliphatic carbocycles. The summed E-state index contributed by atoms with van der Waals surface area (Å²) in [6.45, 7) is 2.72. The zero-order valence-corrected chi connectivity index (χ0v) is 23.5. The van der Waals surface area contributed by atoms with Gasteiger partial charge in [-0.2, -0.15) is 0 Å². The van der Waals surface area contributed by atoms with Gasteiger partial charge in [0.15, 0.2) is 0 Å². The van der Waals surface area contributed by atoms with Crippen molar-refractivity contribution >= 4 is 33.4 Å². The number of hydrogen-bond acceptors (Lipinski definition) is 4. The molecule has 0 unspecified atom stereocenters. The zero-order chi connectivity index (χ0) is 27.8. The van der Waals surface area contributed by atoms with Crippen LogP contribution in [0.15, 0.2) is 83.8 Å². The molecule has 0 saturated heterocycles. The summed E-state index contributed by atoms with van der Waals surface area (Å²) in [4.78, 5) is 29.0. The molecule has 1 saturated carbocycles. The van der Waals surface area contributed by atoms with Gasteiger partial charge in [0.1, 0.15) is 6.04 Å². The third-order valence-electron chi connectivity index (χ3n) is 6.57. The molecule has 0 aliphatic heterocycles. The third kappa shape index (κ3) is 8.14. The lowest BCUT2D eigenvalue weighted by atomic mass is 10.0. The van der Waals surface area contributed by atoms with Crippen LogP contribution in [-0.4, -0.2) is 37.7 Å². The maximum absolute atomic E-state index is 13.7. The largest absolute Gasteiger partial charge is 0.354 e. The smallest absolute Gasteiger partial charge is 0.247 e. The maximum Gasteiger partial charge on any atom is 0.247 e. The number of halogens is 1. The lowest BCUT2D eigenvalue weighted by molar-refractivity contribution is -0.141. The van der Waals surface area contributed by atoms with Crippen molar-refractivity contribution in [3.05, 3.63) is 101 Å². The first kappa shape index (κ1) is 28.8. The quantitative estimate of drug-likeness (QED) is 0.303. The second kappa shape index (κ2) is 13.2. The van der Waals surface area contributed by atoms with Gasteiger partial charge < -0.3 is 10.2 Å². The molecule has 0 bridgehead atoms. The molecule has 7 nitrogen and oxygen atoms in total. The maximum atomic E-state index is 13.7. The Morgan fingerprint density at radius 3 is 2.21 bits per heavy atom. The number of aryl methyl sites for hydroxylation is 1. The molecule has 206 valence electrons. The van der Waals surface area contributed by atoms with E-state index in [2.05, 4.69) is 10.0 Å². The molecule has 3 aromatic carbocycles. The molecule has 0 aromatic heterocycles. The van der Waals surface area contributed by atoms with Crippen molar-refractivity contribution in [2.45, 2.75) is 62.6 Å². The minimum atomic E-state index is -3.53. The number of hydrogen-bond donors (Lipinski definition) is 2. The van der Waals surface area contributed by atoms with E-state index in [-0.39, 0.29) is 35.7 Å². The van der Waals surface area contributed by atoms with Crippen LogP contribution in [0.5, 0.6) is 0 Å². The molecule has 4 rings (SSSR count). The highest BCUT2D eigenvalue weighted by atomic mass is 35.5. The lowest BCUT2D eigenvalue weighted by Crippen LogP contribution is -2.43. The summed E-state index contributed by atoms with van der Waals surface area (Å²) >= 11 is 6.08. The van der Waals surface area contributed by atoms with Crippen LogP contribution in [0, 0.1) is 0 Å². The number of carbonyl (C=O) groups excluding carboxylic acids is 2. The van der Waals surface area contributed by atoms with Crippen LogP contribution in [0.25, 0.3) is 0 Å². The van der Waals surface area contributed by atoms with Crippen molar-refractivity contribution in [2.75, 3.05) is 6.54 Å². The van der Waals surface area contributed by atoms with Gasteiger partial charge >= 0.3 is 0 Å². The van der Waals surface area contributed by atoms with E-state index in [0.717, 1.165) is 36.0 Å². The molecule has 1 aliphatic rings. The molecule has 0 spiro atoms. The van der Waals surface area contributed by atoms with Crippen LogP contribution in [0.3, 0.4) is 0 Å². The normalized spacial score (nSPS) is 14.0. The topological polar surface area (TPSA) is 95.6 Å². The van der Waals surface area contributed by atoms with Crippen LogP contribution < -0.4 is 10.0 Å². The fourth-order valence-corrected chi connectivity index (χ4v) is 5.71. The molecular weight excluding hydrogens is 534 g/mol. The van der Waals surface area contributed by atoms with E-state index < -0.39 is 16.1 Å². The van der Waals surface area contributed by atoms with Crippen LogP contribution in [0.4, 0.5) is 0 Å². The number of sulfonamides is 1. The van der Waals surface area contributed by atoms with Gasteiger partial charge in [-0.15, -0.1) is 0 Å². The van der Waals surface area contributed by atoms with Gasteiger partial charge in [0, 0.05) is 30.6 Å². The monoisotopic (exact) mass is 567 g/mol. The first-order chi connectivity index (χ1) is 18.8. The SMILES string of the molecule is CCCNC(=O)[C@@H](c1ccccc1)N(Cc1ccc(Cl)cc1)C(=O)CCc1ccc(S(=O)(=O)NC2CC2)cc1. The van der Waals surface area contributed by atoms with Crippen LogP contribution in [-0.2, 0) is 32.6 Å². The van der Waals surface area contributed by atoms with Crippen LogP contribution in [0.1, 0.15) is 55.3 Å². The summed E-state index contributed by atoms with van der Waals surface area (Å²) in [5.41, 5.74) is 2.42. The molecule has 0 radical (unpaired) electrons. The van der Waals surface area contributed by atoms with E-state index in [0.29, 0.717) is 18.0 Å². The van der Waals surface area contributed by atoms with E-state index in [1.165, 1.54) is 0 Å². The molecule has 2 amide bonds. The summed E-state index contributed by atoms with van der Waals surface area (Å²) in [7, 11) is -3.53. The van der Waals surface area contributed by atoms with Gasteiger partial charge in [-0.3, -0.25) is 9.59 Å². The first-order valence-electron chi connectivity index (χ1n) is 13.2. The Labute approximate surface area is 235 Å². The predicted octanol–water partition coefficient (Wildman–Crippen LogP) is 5.01. The second-order valence-corrected chi connectivity index (χ2v) is 11.9. The van der Waals surface area contributed by atoms with Gasteiger partial charge in [0.25, 0.3) is 0 Å². The van der Waals surface area contributed by atoms with E-state index >= 15 is 0 Å². The van der Waals surface area contributed by atoms with Crippen molar-refractivity contribution in [3.63, 3.8) is 0 Å². The third-order valence-corrected chi connectivity index (χ3v) is 8.36. The molecular formula is C30H34ClN3O4S. The number of nitrogens with zero attached hydrogens (tertiary/aromatic N) is 1. The van der Waals surface area contributed by atoms with Crippen molar-refractivity contribution in [1.82, 2.24) is 14.9 Å². The van der Waals surface area contributed by atoms with Crippen molar-refractivity contribution in [2.24, 2.45) is 0 Å². The van der Waals surface area contributed by atoms with E-state index in [1.54, 1.807) is 41.3 Å². The molecule has 2 N–H and O–H groups in total. The highest BCUT2D eigenvalue weighted by Crippen LogP contribution is 2.26. The first-order valence-corrected chi connectivity index (χ1v) is 15.1. The Kier molecular flexibility index (Phi) is 9.78. The molecule has 39 heavy (non-hydrogen) atoms. The molecule has 0 heterocycles. The van der Waals surface area contributed by atoms with Gasteiger partial charge in [-0.1, -0.05) is 73.1 Å². The standard InChI is InChI=1S/C30H34ClN3O4S/c1-2-20-32-30(36)29(24-6-4-3-5-7-24)34(21-23-8-13-25(31)14-9-23)28(35)19-12-22-10-17-27(18-11-22)39(37,38)33-26-15-16-26/h3-11,13-14,17-18,26,29,33H,2,12,15-16,19-21H2,1H3,(H,32,36)/t29-/m1/s1. The number of carbonyl (C=O) groups is 2. The van der Waals surface area contributed by atoms with Gasteiger partial charge in [-0.25, -0.2) is 13.1 Å². The van der Waals surface area contributed by atoms with Gasteiger partial charge in [0.05, 0.1) is 4.90 Å². The average Bonchev–Trinajstić information content (AvgIpc) is 3.75. The van der Waals surface area contributed by atoms with Crippen LogP contribution in [0.2, 0.25) is 5.02 Å².